The molecule has 1 aliphatic heterocycles. The number of anilines is 1. The summed E-state index contributed by atoms with van der Waals surface area (Å²) in [7, 11) is 1.60. The first kappa shape index (κ1) is 24.4. The Morgan fingerprint density at radius 3 is 2.61 bits per heavy atom. The van der Waals surface area contributed by atoms with Crippen molar-refractivity contribution in [1.29, 1.82) is 0 Å². The molecule has 0 atom stereocenters. The first-order valence-electron chi connectivity index (χ1n) is 12.5. The van der Waals surface area contributed by atoms with Crippen molar-refractivity contribution in [3.63, 3.8) is 0 Å². The Hall–Kier alpha value is -3.30. The molecule has 0 bridgehead atoms. The highest BCUT2D eigenvalue weighted by molar-refractivity contribution is 7.17. The molecule has 0 radical (unpaired) electrons. The number of nitrogens with zero attached hydrogens (tertiary/aromatic N) is 3. The minimum atomic E-state index is -0.220. The molecule has 0 unspecified atom stereocenters. The third kappa shape index (κ3) is 6.09. The van der Waals surface area contributed by atoms with Gasteiger partial charge in [0.15, 0.2) is 4.88 Å². The molecule has 2 aliphatic rings. The molecule has 188 valence electrons. The summed E-state index contributed by atoms with van der Waals surface area (Å²) in [5, 5.41) is 6.21. The molecule has 2 fully saturated rings. The lowest BCUT2D eigenvalue weighted by Crippen LogP contribution is -2.35. The molecule has 8 nitrogen and oxygen atoms in total. The van der Waals surface area contributed by atoms with E-state index in [0.29, 0.717) is 34.1 Å². The number of carbonyl (C=O) groups is 2. The molecule has 1 aromatic carbocycles. The van der Waals surface area contributed by atoms with Crippen LogP contribution in [0.1, 0.15) is 40.9 Å². The topological polar surface area (TPSA) is 96.5 Å². The van der Waals surface area contributed by atoms with Gasteiger partial charge in [0.1, 0.15) is 10.8 Å². The number of thiazole rings is 1. The Morgan fingerprint density at radius 1 is 1.11 bits per heavy atom. The number of rotatable bonds is 9. The lowest BCUT2D eigenvalue weighted by molar-refractivity contribution is -0.117. The molecule has 3 aromatic rings. The number of ether oxygens (including phenoxy) is 1. The van der Waals surface area contributed by atoms with Crippen molar-refractivity contribution in [3.05, 3.63) is 59.1 Å². The Kier molecular flexibility index (Phi) is 7.58. The number of benzene rings is 1. The summed E-state index contributed by atoms with van der Waals surface area (Å²) >= 11 is 1.28. The van der Waals surface area contributed by atoms with Gasteiger partial charge in [-0.3, -0.25) is 14.5 Å². The van der Waals surface area contributed by atoms with Crippen molar-refractivity contribution < 1.29 is 14.3 Å². The van der Waals surface area contributed by atoms with E-state index in [1.54, 1.807) is 19.3 Å². The minimum absolute atomic E-state index is 0.00340. The molecule has 1 saturated carbocycles. The summed E-state index contributed by atoms with van der Waals surface area (Å²) in [4.78, 5) is 36.5. The smallest absolute Gasteiger partial charge is 0.266 e. The van der Waals surface area contributed by atoms with E-state index in [1.807, 2.05) is 12.1 Å². The van der Waals surface area contributed by atoms with Crippen LogP contribution in [0.4, 0.5) is 5.82 Å². The molecule has 3 heterocycles. The maximum Gasteiger partial charge on any atom is 0.266 e. The number of amides is 2. The van der Waals surface area contributed by atoms with Crippen LogP contribution in [-0.2, 0) is 11.3 Å². The Balaban J connectivity index is 1.22. The number of likely N-dealkylation sites (tertiary alicyclic amines) is 1. The predicted octanol–water partition coefficient (Wildman–Crippen LogP) is 4.20. The zero-order valence-electron chi connectivity index (χ0n) is 20.4. The lowest BCUT2D eigenvalue weighted by atomic mass is 9.97. The fourth-order valence-corrected chi connectivity index (χ4v) is 5.29. The molecule has 2 aromatic heterocycles. The van der Waals surface area contributed by atoms with E-state index in [9.17, 15) is 9.59 Å². The highest BCUT2D eigenvalue weighted by Crippen LogP contribution is 2.35. The Labute approximate surface area is 215 Å². The van der Waals surface area contributed by atoms with Crippen LogP contribution < -0.4 is 15.4 Å². The molecule has 1 saturated heterocycles. The van der Waals surface area contributed by atoms with Crippen LogP contribution in [0.5, 0.6) is 5.88 Å². The SMILES string of the molecule is CNC(=O)c1sc(-c2ccnc(NC(=O)C3CC3)c2)nc1OCC1CCN(Cc2ccccc2)CC1. The summed E-state index contributed by atoms with van der Waals surface area (Å²) in [6.07, 6.45) is 5.60. The van der Waals surface area contributed by atoms with Crippen molar-refractivity contribution in [2.45, 2.75) is 32.2 Å². The summed E-state index contributed by atoms with van der Waals surface area (Å²) in [5.41, 5.74) is 2.12. The molecular formula is C27H31N5O3S. The van der Waals surface area contributed by atoms with E-state index in [2.05, 4.69) is 49.8 Å². The summed E-state index contributed by atoms with van der Waals surface area (Å²) in [6.45, 7) is 3.56. The van der Waals surface area contributed by atoms with Crippen molar-refractivity contribution in [3.8, 4) is 16.5 Å². The highest BCUT2D eigenvalue weighted by Gasteiger charge is 2.30. The van der Waals surface area contributed by atoms with Crippen LogP contribution in [0, 0.1) is 11.8 Å². The van der Waals surface area contributed by atoms with E-state index in [4.69, 9.17) is 4.74 Å². The number of hydrogen-bond donors (Lipinski definition) is 2. The molecule has 2 amide bonds. The van der Waals surface area contributed by atoms with Crippen LogP contribution in [-0.4, -0.2) is 53.4 Å². The normalized spacial score (nSPS) is 16.5. The highest BCUT2D eigenvalue weighted by atomic mass is 32.1. The fraction of sp³-hybridized carbons (Fsp3) is 0.407. The second kappa shape index (κ2) is 11.2. The van der Waals surface area contributed by atoms with E-state index in [-0.39, 0.29) is 17.7 Å². The minimum Gasteiger partial charge on any atom is -0.476 e. The third-order valence-corrected chi connectivity index (χ3v) is 7.73. The van der Waals surface area contributed by atoms with Gasteiger partial charge in [-0.25, -0.2) is 9.97 Å². The molecule has 0 spiro atoms. The van der Waals surface area contributed by atoms with Gasteiger partial charge in [-0.15, -0.1) is 11.3 Å². The van der Waals surface area contributed by atoms with Gasteiger partial charge in [0, 0.05) is 31.3 Å². The van der Waals surface area contributed by atoms with Crippen LogP contribution in [0.2, 0.25) is 0 Å². The average Bonchev–Trinajstić information content (AvgIpc) is 3.68. The van der Waals surface area contributed by atoms with Crippen LogP contribution in [0.15, 0.2) is 48.7 Å². The molecule has 36 heavy (non-hydrogen) atoms. The monoisotopic (exact) mass is 505 g/mol. The zero-order chi connectivity index (χ0) is 24.9. The van der Waals surface area contributed by atoms with E-state index in [1.165, 1.54) is 16.9 Å². The van der Waals surface area contributed by atoms with Gasteiger partial charge >= 0.3 is 0 Å². The maximum atomic E-state index is 12.5. The molecule has 2 N–H and O–H groups in total. The summed E-state index contributed by atoms with van der Waals surface area (Å²) in [5.74, 6) is 1.16. The first-order valence-corrected chi connectivity index (χ1v) is 13.3. The number of carbonyl (C=O) groups excluding carboxylic acids is 2. The van der Waals surface area contributed by atoms with Crippen molar-refractivity contribution in [1.82, 2.24) is 20.2 Å². The predicted molar refractivity (Wildman–Crippen MR) is 140 cm³/mol. The van der Waals surface area contributed by atoms with Crippen LogP contribution in [0.3, 0.4) is 0 Å². The average molecular weight is 506 g/mol. The second-order valence-electron chi connectivity index (χ2n) is 9.44. The number of nitrogens with one attached hydrogen (secondary N) is 2. The number of piperidine rings is 1. The Bertz CT molecular complexity index is 1200. The zero-order valence-corrected chi connectivity index (χ0v) is 21.2. The van der Waals surface area contributed by atoms with Crippen molar-refractivity contribution in [2.24, 2.45) is 11.8 Å². The quantitative estimate of drug-likeness (QED) is 0.452. The fourth-order valence-electron chi connectivity index (χ4n) is 4.34. The summed E-state index contributed by atoms with van der Waals surface area (Å²) in [6, 6.07) is 14.2. The summed E-state index contributed by atoms with van der Waals surface area (Å²) < 4.78 is 6.12. The Morgan fingerprint density at radius 2 is 1.89 bits per heavy atom. The van der Waals surface area contributed by atoms with Crippen LogP contribution in [0.25, 0.3) is 10.6 Å². The van der Waals surface area contributed by atoms with Gasteiger partial charge in [0.2, 0.25) is 11.8 Å². The van der Waals surface area contributed by atoms with Crippen molar-refractivity contribution in [2.75, 3.05) is 32.1 Å². The van der Waals surface area contributed by atoms with Gasteiger partial charge in [-0.2, -0.15) is 0 Å². The van der Waals surface area contributed by atoms with Crippen molar-refractivity contribution >= 4 is 29.0 Å². The van der Waals surface area contributed by atoms with Gasteiger partial charge in [0.05, 0.1) is 6.61 Å². The molecule has 1 aliphatic carbocycles. The van der Waals surface area contributed by atoms with Crippen LogP contribution >= 0.6 is 11.3 Å². The maximum absolute atomic E-state index is 12.5. The second-order valence-corrected chi connectivity index (χ2v) is 10.4. The van der Waals surface area contributed by atoms with Gasteiger partial charge in [-0.05, 0) is 62.4 Å². The third-order valence-electron chi connectivity index (χ3n) is 6.65. The standard InChI is InChI=1S/C27H31N5O3S/c1-28-25(34)23-26(35-17-19-10-13-32(14-11-19)16-18-5-3-2-4-6-18)31-27(36-23)21-9-12-29-22(15-21)30-24(33)20-7-8-20/h2-6,9,12,15,19-20H,7-8,10-11,13-14,16-17H2,1H3,(H,28,34)(H,29,30,33). The van der Waals surface area contributed by atoms with E-state index < -0.39 is 0 Å². The number of hydrogen-bond acceptors (Lipinski definition) is 7. The van der Waals surface area contributed by atoms with Gasteiger partial charge < -0.3 is 15.4 Å². The van der Waals surface area contributed by atoms with E-state index in [0.717, 1.165) is 50.9 Å². The molecule has 5 rings (SSSR count). The number of aromatic nitrogens is 2. The van der Waals surface area contributed by atoms with Gasteiger partial charge in [-0.1, -0.05) is 30.3 Å². The van der Waals surface area contributed by atoms with E-state index >= 15 is 0 Å². The largest absolute Gasteiger partial charge is 0.476 e. The first-order chi connectivity index (χ1) is 17.6. The molecular weight excluding hydrogens is 474 g/mol. The molecule has 9 heteroatoms. The van der Waals surface area contributed by atoms with Gasteiger partial charge in [0.25, 0.3) is 5.91 Å². The number of pyridine rings is 1. The lowest BCUT2D eigenvalue weighted by Gasteiger charge is -2.31.